The lowest BCUT2D eigenvalue weighted by molar-refractivity contribution is -0.130. The maximum atomic E-state index is 12.1. The third-order valence-electron chi connectivity index (χ3n) is 4.30. The fraction of sp³-hybridized carbons (Fsp3) is 0.526. The Balaban J connectivity index is 1.78. The summed E-state index contributed by atoms with van der Waals surface area (Å²) in [6.07, 6.45) is 0.677. The fourth-order valence-corrected chi connectivity index (χ4v) is 2.84. The van der Waals surface area contributed by atoms with Crippen LogP contribution < -0.4 is 15.4 Å². The molecule has 0 spiro atoms. The SMILES string of the molecule is CCOc1ccc([C@H](C)NC(=O)CCCN2C(=O)NC(C)(C)C2=O)cc1. The zero-order chi connectivity index (χ0) is 19.3. The summed E-state index contributed by atoms with van der Waals surface area (Å²) in [6, 6.07) is 7.06. The molecule has 1 aromatic rings. The van der Waals surface area contributed by atoms with E-state index in [1.165, 1.54) is 4.90 Å². The molecule has 1 aliphatic rings. The number of ether oxygens (including phenoxy) is 1. The highest BCUT2D eigenvalue weighted by molar-refractivity contribution is 6.06. The molecule has 0 bridgehead atoms. The van der Waals surface area contributed by atoms with Crippen molar-refractivity contribution in [2.24, 2.45) is 0 Å². The van der Waals surface area contributed by atoms with Crippen LogP contribution in [0.25, 0.3) is 0 Å². The number of hydrogen-bond acceptors (Lipinski definition) is 4. The van der Waals surface area contributed by atoms with Gasteiger partial charge in [-0.2, -0.15) is 0 Å². The van der Waals surface area contributed by atoms with Crippen molar-refractivity contribution in [1.82, 2.24) is 15.5 Å². The summed E-state index contributed by atoms with van der Waals surface area (Å²) in [7, 11) is 0. The molecule has 0 unspecified atom stereocenters. The van der Waals surface area contributed by atoms with Crippen LogP contribution in [0.4, 0.5) is 4.79 Å². The Labute approximate surface area is 154 Å². The molecule has 142 valence electrons. The minimum absolute atomic E-state index is 0.113. The summed E-state index contributed by atoms with van der Waals surface area (Å²) in [5.41, 5.74) is 0.110. The van der Waals surface area contributed by atoms with Gasteiger partial charge in [0.1, 0.15) is 11.3 Å². The van der Waals surface area contributed by atoms with E-state index in [0.29, 0.717) is 13.0 Å². The van der Waals surface area contributed by atoms with Crippen molar-refractivity contribution < 1.29 is 19.1 Å². The van der Waals surface area contributed by atoms with E-state index in [9.17, 15) is 14.4 Å². The van der Waals surface area contributed by atoms with Gasteiger partial charge in [0.15, 0.2) is 0 Å². The van der Waals surface area contributed by atoms with Gasteiger partial charge in [0.25, 0.3) is 5.91 Å². The molecule has 1 saturated heterocycles. The van der Waals surface area contributed by atoms with Crippen LogP contribution in [0.15, 0.2) is 24.3 Å². The Morgan fingerprint density at radius 1 is 1.27 bits per heavy atom. The zero-order valence-electron chi connectivity index (χ0n) is 15.8. The van der Waals surface area contributed by atoms with Crippen LogP contribution >= 0.6 is 0 Å². The van der Waals surface area contributed by atoms with Crippen LogP contribution in [0.3, 0.4) is 0 Å². The molecule has 1 fully saturated rings. The first-order chi connectivity index (χ1) is 12.2. The van der Waals surface area contributed by atoms with E-state index in [4.69, 9.17) is 4.74 Å². The minimum atomic E-state index is -0.874. The van der Waals surface area contributed by atoms with Crippen LogP contribution in [-0.4, -0.2) is 41.4 Å². The van der Waals surface area contributed by atoms with E-state index in [1.54, 1.807) is 13.8 Å². The van der Waals surface area contributed by atoms with Gasteiger partial charge in [-0.25, -0.2) is 4.79 Å². The molecule has 4 amide bonds. The van der Waals surface area contributed by atoms with E-state index in [1.807, 2.05) is 38.1 Å². The molecule has 1 aromatic carbocycles. The van der Waals surface area contributed by atoms with Gasteiger partial charge in [0.05, 0.1) is 12.6 Å². The number of amides is 4. The van der Waals surface area contributed by atoms with Crippen LogP contribution in [-0.2, 0) is 9.59 Å². The molecule has 2 N–H and O–H groups in total. The number of urea groups is 1. The first-order valence-corrected chi connectivity index (χ1v) is 8.91. The van der Waals surface area contributed by atoms with Crippen LogP contribution in [0, 0.1) is 0 Å². The number of carbonyl (C=O) groups is 3. The molecule has 1 aliphatic heterocycles. The van der Waals surface area contributed by atoms with Gasteiger partial charge in [-0.15, -0.1) is 0 Å². The first kappa shape index (κ1) is 19.8. The zero-order valence-corrected chi connectivity index (χ0v) is 15.8. The molecule has 0 saturated carbocycles. The second kappa shape index (κ2) is 8.21. The summed E-state index contributed by atoms with van der Waals surface area (Å²) in [4.78, 5) is 37.2. The first-order valence-electron chi connectivity index (χ1n) is 8.91. The summed E-state index contributed by atoms with van der Waals surface area (Å²) < 4.78 is 5.40. The van der Waals surface area contributed by atoms with Crippen molar-refractivity contribution in [1.29, 1.82) is 0 Å². The van der Waals surface area contributed by atoms with Crippen molar-refractivity contribution in [3.63, 3.8) is 0 Å². The van der Waals surface area contributed by atoms with Gasteiger partial charge >= 0.3 is 6.03 Å². The monoisotopic (exact) mass is 361 g/mol. The molecule has 2 rings (SSSR count). The highest BCUT2D eigenvalue weighted by Crippen LogP contribution is 2.19. The Morgan fingerprint density at radius 2 is 1.92 bits per heavy atom. The van der Waals surface area contributed by atoms with Gasteiger partial charge in [-0.05, 0) is 51.8 Å². The topological polar surface area (TPSA) is 87.7 Å². The smallest absolute Gasteiger partial charge is 0.325 e. The third-order valence-corrected chi connectivity index (χ3v) is 4.30. The van der Waals surface area contributed by atoms with Crippen molar-refractivity contribution in [2.75, 3.05) is 13.2 Å². The summed E-state index contributed by atoms with van der Waals surface area (Å²) >= 11 is 0. The predicted octanol–water partition coefficient (Wildman–Crippen LogP) is 2.37. The van der Waals surface area contributed by atoms with Crippen molar-refractivity contribution >= 4 is 17.8 Å². The maximum absolute atomic E-state index is 12.1. The molecular weight excluding hydrogens is 334 g/mol. The highest BCUT2D eigenvalue weighted by Gasteiger charge is 2.43. The van der Waals surface area contributed by atoms with Crippen molar-refractivity contribution in [2.45, 2.75) is 52.1 Å². The lowest BCUT2D eigenvalue weighted by Gasteiger charge is -2.17. The van der Waals surface area contributed by atoms with Crippen LogP contribution in [0.5, 0.6) is 5.75 Å². The molecule has 1 heterocycles. The summed E-state index contributed by atoms with van der Waals surface area (Å²) in [6.45, 7) is 8.01. The molecule has 1 atom stereocenters. The minimum Gasteiger partial charge on any atom is -0.494 e. The number of hydrogen-bond donors (Lipinski definition) is 2. The van der Waals surface area contributed by atoms with Crippen molar-refractivity contribution in [3.05, 3.63) is 29.8 Å². The number of nitrogens with zero attached hydrogens (tertiary/aromatic N) is 1. The largest absolute Gasteiger partial charge is 0.494 e. The van der Waals surface area contributed by atoms with E-state index in [-0.39, 0.29) is 30.8 Å². The predicted molar refractivity (Wildman–Crippen MR) is 97.7 cm³/mol. The average Bonchev–Trinajstić information content (AvgIpc) is 2.77. The summed E-state index contributed by atoms with van der Waals surface area (Å²) in [5, 5.41) is 5.55. The normalized spacial score (nSPS) is 17.0. The Morgan fingerprint density at radius 3 is 2.46 bits per heavy atom. The van der Waals surface area contributed by atoms with Gasteiger partial charge in [0.2, 0.25) is 5.91 Å². The fourth-order valence-electron chi connectivity index (χ4n) is 2.84. The molecule has 26 heavy (non-hydrogen) atoms. The Hall–Kier alpha value is -2.57. The molecule has 0 radical (unpaired) electrons. The standard InChI is InChI=1S/C19H27N3O4/c1-5-26-15-10-8-14(9-11-15)13(2)20-16(23)7-6-12-22-17(24)19(3,4)21-18(22)25/h8-11,13H,5-7,12H2,1-4H3,(H,20,23)(H,21,25)/t13-/m0/s1. The highest BCUT2D eigenvalue weighted by atomic mass is 16.5. The number of nitrogens with one attached hydrogen (secondary N) is 2. The summed E-state index contributed by atoms with van der Waals surface area (Å²) in [5.74, 6) is 0.426. The number of carbonyl (C=O) groups excluding carboxylic acids is 3. The maximum Gasteiger partial charge on any atom is 0.325 e. The van der Waals surface area contributed by atoms with E-state index >= 15 is 0 Å². The van der Waals surface area contributed by atoms with Gasteiger partial charge < -0.3 is 15.4 Å². The van der Waals surface area contributed by atoms with Gasteiger partial charge in [-0.1, -0.05) is 12.1 Å². The molecule has 0 aliphatic carbocycles. The van der Waals surface area contributed by atoms with E-state index < -0.39 is 11.6 Å². The Bertz CT molecular complexity index is 670. The lowest BCUT2D eigenvalue weighted by Crippen LogP contribution is -2.40. The second-order valence-electron chi connectivity index (χ2n) is 6.91. The van der Waals surface area contributed by atoms with E-state index in [2.05, 4.69) is 10.6 Å². The van der Waals surface area contributed by atoms with Gasteiger partial charge in [0, 0.05) is 13.0 Å². The Kier molecular flexibility index (Phi) is 6.23. The lowest BCUT2D eigenvalue weighted by atomic mass is 10.1. The second-order valence-corrected chi connectivity index (χ2v) is 6.91. The molecule has 7 nitrogen and oxygen atoms in total. The quantitative estimate of drug-likeness (QED) is 0.696. The molecule has 0 aromatic heterocycles. The number of benzene rings is 1. The average molecular weight is 361 g/mol. The molecule has 7 heteroatoms. The van der Waals surface area contributed by atoms with Crippen molar-refractivity contribution in [3.8, 4) is 5.75 Å². The van der Waals surface area contributed by atoms with Crippen LogP contribution in [0.1, 0.15) is 52.1 Å². The molecular formula is C19H27N3O4. The number of imide groups is 1. The van der Waals surface area contributed by atoms with Gasteiger partial charge in [-0.3, -0.25) is 14.5 Å². The third kappa shape index (κ3) is 4.74. The van der Waals surface area contributed by atoms with Crippen LogP contribution in [0.2, 0.25) is 0 Å². The van der Waals surface area contributed by atoms with E-state index in [0.717, 1.165) is 11.3 Å². The number of rotatable bonds is 8.